The molecule has 2 aromatic heterocycles. The van der Waals surface area contributed by atoms with Crippen LogP contribution in [0.4, 0.5) is 4.39 Å². The van der Waals surface area contributed by atoms with Gasteiger partial charge in [0.1, 0.15) is 11.6 Å². The van der Waals surface area contributed by atoms with Crippen molar-refractivity contribution in [2.75, 3.05) is 6.54 Å². The Balaban J connectivity index is 1.37. The van der Waals surface area contributed by atoms with Crippen LogP contribution >= 0.6 is 11.3 Å². The van der Waals surface area contributed by atoms with Crippen LogP contribution in [0, 0.1) is 5.82 Å². The van der Waals surface area contributed by atoms with Gasteiger partial charge in [-0.15, -0.1) is 11.3 Å². The average Bonchev–Trinajstić information content (AvgIpc) is 3.30. The summed E-state index contributed by atoms with van der Waals surface area (Å²) in [7, 11) is 0. The number of rotatable bonds is 5. The van der Waals surface area contributed by atoms with Crippen molar-refractivity contribution in [3.63, 3.8) is 0 Å². The van der Waals surface area contributed by atoms with E-state index in [-0.39, 0.29) is 11.7 Å². The fourth-order valence-corrected chi connectivity index (χ4v) is 3.76. The number of fused-ring (bicyclic) bond motifs is 1. The third kappa shape index (κ3) is 3.36. The minimum absolute atomic E-state index is 0.194. The van der Waals surface area contributed by atoms with Gasteiger partial charge in [-0.05, 0) is 23.8 Å². The van der Waals surface area contributed by atoms with Crippen molar-refractivity contribution in [3.05, 3.63) is 77.3 Å². The standard InChI is InChI=1S/C20H16FN3OS/c21-15-7-4-8-17-14(15)11-18(26-17)20(25)22-10-9-19-23-12-16(24-19)13-5-2-1-3-6-13/h1-8,11-12H,9-10H2,(H,22,25)(H,23,24). The molecule has 0 aliphatic heterocycles. The molecule has 130 valence electrons. The summed E-state index contributed by atoms with van der Waals surface area (Å²) in [6, 6.07) is 16.4. The minimum Gasteiger partial charge on any atom is -0.351 e. The molecule has 0 atom stereocenters. The number of nitrogens with zero attached hydrogens (tertiary/aromatic N) is 1. The number of halogens is 1. The van der Waals surface area contributed by atoms with Gasteiger partial charge in [0, 0.05) is 23.1 Å². The molecule has 0 saturated carbocycles. The Morgan fingerprint density at radius 2 is 2.00 bits per heavy atom. The molecular weight excluding hydrogens is 349 g/mol. The van der Waals surface area contributed by atoms with E-state index in [2.05, 4.69) is 15.3 Å². The molecule has 0 unspecified atom stereocenters. The number of benzene rings is 2. The lowest BCUT2D eigenvalue weighted by atomic mass is 10.2. The Labute approximate surface area is 153 Å². The number of amides is 1. The van der Waals surface area contributed by atoms with Gasteiger partial charge in [0.05, 0.1) is 16.8 Å². The molecule has 0 aliphatic carbocycles. The molecule has 4 nitrogen and oxygen atoms in total. The molecule has 4 rings (SSSR count). The average molecular weight is 365 g/mol. The predicted octanol–water partition coefficient (Wildman–Crippen LogP) is 4.40. The zero-order valence-corrected chi connectivity index (χ0v) is 14.6. The van der Waals surface area contributed by atoms with E-state index in [1.807, 2.05) is 36.4 Å². The van der Waals surface area contributed by atoms with Gasteiger partial charge >= 0.3 is 0 Å². The maximum atomic E-state index is 13.7. The molecule has 0 aliphatic rings. The van der Waals surface area contributed by atoms with E-state index in [1.165, 1.54) is 17.4 Å². The molecular formula is C20H16FN3OS. The van der Waals surface area contributed by atoms with Gasteiger partial charge in [-0.25, -0.2) is 9.37 Å². The van der Waals surface area contributed by atoms with E-state index in [9.17, 15) is 9.18 Å². The fraction of sp³-hybridized carbons (Fsp3) is 0.100. The SMILES string of the molecule is O=C(NCCc1ncc(-c2ccccc2)[nH]1)c1cc2c(F)cccc2s1. The second-order valence-corrected chi connectivity index (χ2v) is 6.96. The number of hydrogen-bond donors (Lipinski definition) is 2. The normalized spacial score (nSPS) is 11.0. The van der Waals surface area contributed by atoms with E-state index in [4.69, 9.17) is 0 Å². The van der Waals surface area contributed by atoms with Gasteiger partial charge in [-0.3, -0.25) is 4.79 Å². The van der Waals surface area contributed by atoms with Crippen molar-refractivity contribution in [2.24, 2.45) is 0 Å². The number of carbonyl (C=O) groups is 1. The van der Waals surface area contributed by atoms with Crippen LogP contribution in [0.3, 0.4) is 0 Å². The number of aromatic nitrogens is 2. The smallest absolute Gasteiger partial charge is 0.261 e. The van der Waals surface area contributed by atoms with E-state index >= 15 is 0 Å². The molecule has 6 heteroatoms. The monoisotopic (exact) mass is 365 g/mol. The largest absolute Gasteiger partial charge is 0.351 e. The molecule has 4 aromatic rings. The second kappa shape index (κ2) is 7.09. The first-order valence-corrected chi connectivity index (χ1v) is 9.08. The third-order valence-corrected chi connectivity index (χ3v) is 5.19. The highest BCUT2D eigenvalue weighted by Crippen LogP contribution is 2.27. The molecule has 0 fully saturated rings. The second-order valence-electron chi connectivity index (χ2n) is 5.88. The van der Waals surface area contributed by atoms with Crippen molar-refractivity contribution in [1.82, 2.24) is 15.3 Å². The van der Waals surface area contributed by atoms with Crippen molar-refractivity contribution in [3.8, 4) is 11.3 Å². The van der Waals surface area contributed by atoms with Gasteiger partial charge in [-0.2, -0.15) is 0 Å². The van der Waals surface area contributed by atoms with Crippen LogP contribution in [0.15, 0.2) is 60.8 Å². The topological polar surface area (TPSA) is 57.8 Å². The number of nitrogens with one attached hydrogen (secondary N) is 2. The Morgan fingerprint density at radius 3 is 2.81 bits per heavy atom. The molecule has 2 aromatic carbocycles. The van der Waals surface area contributed by atoms with Crippen LogP contribution in [0.2, 0.25) is 0 Å². The van der Waals surface area contributed by atoms with Crippen molar-refractivity contribution < 1.29 is 9.18 Å². The van der Waals surface area contributed by atoms with Crippen LogP contribution in [-0.4, -0.2) is 22.4 Å². The lowest BCUT2D eigenvalue weighted by molar-refractivity contribution is 0.0958. The quantitative estimate of drug-likeness (QED) is 0.551. The Kier molecular flexibility index (Phi) is 4.50. The summed E-state index contributed by atoms with van der Waals surface area (Å²) in [5, 5.41) is 3.35. The Hall–Kier alpha value is -2.99. The maximum absolute atomic E-state index is 13.7. The summed E-state index contributed by atoms with van der Waals surface area (Å²) in [5.41, 5.74) is 2.02. The molecule has 0 saturated heterocycles. The summed E-state index contributed by atoms with van der Waals surface area (Å²) in [6.07, 6.45) is 2.39. The van der Waals surface area contributed by atoms with Gasteiger partial charge in [0.2, 0.25) is 0 Å². The van der Waals surface area contributed by atoms with Crippen molar-refractivity contribution >= 4 is 27.3 Å². The van der Waals surface area contributed by atoms with Crippen molar-refractivity contribution in [2.45, 2.75) is 6.42 Å². The van der Waals surface area contributed by atoms with Gasteiger partial charge in [0.25, 0.3) is 5.91 Å². The van der Waals surface area contributed by atoms with E-state index in [0.717, 1.165) is 21.8 Å². The zero-order chi connectivity index (χ0) is 17.9. The lowest BCUT2D eigenvalue weighted by Crippen LogP contribution is -2.25. The lowest BCUT2D eigenvalue weighted by Gasteiger charge is -2.01. The number of carbonyl (C=O) groups excluding carboxylic acids is 1. The summed E-state index contributed by atoms with van der Waals surface area (Å²) in [4.78, 5) is 20.4. The summed E-state index contributed by atoms with van der Waals surface area (Å²) in [6.45, 7) is 0.456. The summed E-state index contributed by atoms with van der Waals surface area (Å²) in [5.74, 6) is 0.314. The van der Waals surface area contributed by atoms with Crippen LogP contribution in [-0.2, 0) is 6.42 Å². The zero-order valence-electron chi connectivity index (χ0n) is 13.8. The first-order chi connectivity index (χ1) is 12.7. The van der Waals surface area contributed by atoms with Crippen molar-refractivity contribution in [1.29, 1.82) is 0 Å². The highest BCUT2D eigenvalue weighted by atomic mass is 32.1. The first-order valence-electron chi connectivity index (χ1n) is 8.26. The van der Waals surface area contributed by atoms with E-state index < -0.39 is 0 Å². The molecule has 26 heavy (non-hydrogen) atoms. The van der Waals surface area contributed by atoms with Crippen LogP contribution in [0.25, 0.3) is 21.3 Å². The number of aromatic amines is 1. The maximum Gasteiger partial charge on any atom is 0.261 e. The van der Waals surface area contributed by atoms with Gasteiger partial charge in [0.15, 0.2) is 0 Å². The number of imidazole rings is 1. The summed E-state index contributed by atoms with van der Waals surface area (Å²) >= 11 is 1.29. The van der Waals surface area contributed by atoms with Gasteiger partial charge < -0.3 is 10.3 Å². The highest BCUT2D eigenvalue weighted by Gasteiger charge is 2.12. The Morgan fingerprint density at radius 1 is 1.15 bits per heavy atom. The molecule has 2 N–H and O–H groups in total. The van der Waals surface area contributed by atoms with E-state index in [1.54, 1.807) is 18.3 Å². The van der Waals surface area contributed by atoms with Crippen LogP contribution in [0.5, 0.6) is 0 Å². The number of hydrogen-bond acceptors (Lipinski definition) is 3. The molecule has 2 heterocycles. The van der Waals surface area contributed by atoms with E-state index in [0.29, 0.717) is 23.2 Å². The Bertz CT molecular complexity index is 1060. The summed E-state index contributed by atoms with van der Waals surface area (Å²) < 4.78 is 14.5. The predicted molar refractivity (Wildman–Crippen MR) is 102 cm³/mol. The molecule has 1 amide bonds. The first kappa shape index (κ1) is 16.5. The molecule has 0 spiro atoms. The number of H-pyrrole nitrogens is 1. The third-order valence-electron chi connectivity index (χ3n) is 4.09. The van der Waals surface area contributed by atoms with Crippen LogP contribution in [0.1, 0.15) is 15.5 Å². The molecule has 0 bridgehead atoms. The van der Waals surface area contributed by atoms with Gasteiger partial charge in [-0.1, -0.05) is 36.4 Å². The van der Waals surface area contributed by atoms with Crippen LogP contribution < -0.4 is 5.32 Å². The number of thiophene rings is 1. The fourth-order valence-electron chi connectivity index (χ4n) is 2.77. The molecule has 0 radical (unpaired) electrons. The highest BCUT2D eigenvalue weighted by molar-refractivity contribution is 7.20. The minimum atomic E-state index is -0.304.